The second kappa shape index (κ2) is 16.9. The van der Waals surface area contributed by atoms with E-state index in [-0.39, 0.29) is 43.5 Å². The predicted octanol–water partition coefficient (Wildman–Crippen LogP) is 8.61. The van der Waals surface area contributed by atoms with E-state index >= 15 is 0 Å². The standard InChI is InChI=1S/C31H46O8P2/c1-7-9-10-16-26-22-28(38-40(6,34)19-12-15-25(4)32)31(27-17-11-14-24(3)21-27)29(23-26)39-41(35,36-5)20-13-18-30(33)37-8-2/h11,14,17,21-23H,7-10,12-13,15-16,18-20H2,1-6H3. The molecule has 2 aromatic carbocycles. The zero-order chi connectivity index (χ0) is 30.5. The molecule has 0 aliphatic rings. The summed E-state index contributed by atoms with van der Waals surface area (Å²) in [5.74, 6) is 0.358. The van der Waals surface area contributed by atoms with Crippen LogP contribution in [0.15, 0.2) is 36.4 Å². The summed E-state index contributed by atoms with van der Waals surface area (Å²) in [5.41, 5.74) is 3.19. The average Bonchev–Trinajstić information content (AvgIpc) is 2.88. The van der Waals surface area contributed by atoms with Gasteiger partial charge in [0.2, 0.25) is 7.37 Å². The summed E-state index contributed by atoms with van der Waals surface area (Å²) in [6.45, 7) is 9.20. The fourth-order valence-electron chi connectivity index (χ4n) is 4.44. The normalized spacial score (nSPS) is 14.1. The highest BCUT2D eigenvalue weighted by atomic mass is 31.2. The Bertz CT molecular complexity index is 1260. The van der Waals surface area contributed by atoms with Crippen LogP contribution in [0.3, 0.4) is 0 Å². The lowest BCUT2D eigenvalue weighted by molar-refractivity contribution is -0.143. The molecule has 0 radical (unpaired) electrons. The number of aryl methyl sites for hydroxylation is 2. The minimum absolute atomic E-state index is 0.0170. The lowest BCUT2D eigenvalue weighted by atomic mass is 9.98. The Morgan fingerprint density at radius 1 is 0.878 bits per heavy atom. The Hall–Kier alpha value is -2.40. The monoisotopic (exact) mass is 608 g/mol. The number of esters is 1. The molecule has 0 amide bonds. The van der Waals surface area contributed by atoms with Crippen molar-refractivity contribution in [3.63, 3.8) is 0 Å². The van der Waals surface area contributed by atoms with Crippen molar-refractivity contribution in [3.8, 4) is 22.6 Å². The highest BCUT2D eigenvalue weighted by Crippen LogP contribution is 2.55. The Morgan fingerprint density at radius 3 is 2.17 bits per heavy atom. The van der Waals surface area contributed by atoms with Crippen LogP contribution in [0.5, 0.6) is 11.5 Å². The number of rotatable bonds is 19. The average molecular weight is 609 g/mol. The van der Waals surface area contributed by atoms with Gasteiger partial charge in [-0.3, -0.25) is 9.36 Å². The molecule has 0 bridgehead atoms. The third kappa shape index (κ3) is 12.2. The summed E-state index contributed by atoms with van der Waals surface area (Å²) in [5, 5.41) is 0. The second-order valence-corrected chi connectivity index (χ2v) is 15.3. The number of ketones is 1. The summed E-state index contributed by atoms with van der Waals surface area (Å²) in [7, 11) is -5.50. The molecule has 2 unspecified atom stereocenters. The quantitative estimate of drug-likeness (QED) is 0.0887. The summed E-state index contributed by atoms with van der Waals surface area (Å²) >= 11 is 0. The van der Waals surface area contributed by atoms with Gasteiger partial charge >= 0.3 is 13.6 Å². The minimum Gasteiger partial charge on any atom is -0.466 e. The maximum atomic E-state index is 13.8. The fourth-order valence-corrected chi connectivity index (χ4v) is 7.16. The number of benzene rings is 2. The molecule has 8 nitrogen and oxygen atoms in total. The van der Waals surface area contributed by atoms with E-state index in [9.17, 15) is 18.7 Å². The van der Waals surface area contributed by atoms with Gasteiger partial charge in [-0.15, -0.1) is 0 Å². The van der Waals surface area contributed by atoms with Crippen molar-refractivity contribution in [2.75, 3.05) is 32.7 Å². The highest BCUT2D eigenvalue weighted by molar-refractivity contribution is 7.58. The zero-order valence-electron chi connectivity index (χ0n) is 25.4. The molecule has 0 spiro atoms. The molecule has 0 aromatic heterocycles. The summed E-state index contributed by atoms with van der Waals surface area (Å²) < 4.78 is 50.2. The van der Waals surface area contributed by atoms with Crippen LogP contribution in [0, 0.1) is 6.92 Å². The van der Waals surface area contributed by atoms with E-state index in [1.54, 1.807) is 13.6 Å². The van der Waals surface area contributed by atoms with E-state index in [2.05, 4.69) is 6.92 Å². The van der Waals surface area contributed by atoms with Crippen molar-refractivity contribution in [3.05, 3.63) is 47.5 Å². The maximum absolute atomic E-state index is 13.8. The molecule has 0 saturated carbocycles. The van der Waals surface area contributed by atoms with Gasteiger partial charge in [0, 0.05) is 32.8 Å². The molecule has 228 valence electrons. The lowest BCUT2D eigenvalue weighted by Crippen LogP contribution is -2.08. The van der Waals surface area contributed by atoms with E-state index in [1.807, 2.05) is 43.3 Å². The molecule has 0 fully saturated rings. The van der Waals surface area contributed by atoms with E-state index in [1.165, 1.54) is 14.0 Å². The molecule has 2 atom stereocenters. The molecule has 10 heteroatoms. The first kappa shape index (κ1) is 34.8. The Labute approximate surface area is 245 Å². The van der Waals surface area contributed by atoms with Crippen molar-refractivity contribution >= 4 is 26.7 Å². The summed E-state index contributed by atoms with van der Waals surface area (Å²) in [6.07, 6.45) is 5.17. The Balaban J connectivity index is 2.58. The van der Waals surface area contributed by atoms with Gasteiger partial charge in [-0.05, 0) is 69.7 Å². The van der Waals surface area contributed by atoms with Crippen molar-refractivity contribution in [2.45, 2.75) is 79.1 Å². The van der Waals surface area contributed by atoms with Gasteiger partial charge in [0.25, 0.3) is 0 Å². The first-order chi connectivity index (χ1) is 19.4. The smallest absolute Gasteiger partial charge is 0.378 e. The third-order valence-corrected chi connectivity index (χ3v) is 10.1. The zero-order valence-corrected chi connectivity index (χ0v) is 27.2. The number of unbranched alkanes of at least 4 members (excludes halogenated alkanes) is 2. The molecule has 0 saturated heterocycles. The number of carbonyl (C=O) groups is 2. The van der Waals surface area contributed by atoms with Crippen molar-refractivity contribution in [1.29, 1.82) is 0 Å². The predicted molar refractivity (Wildman–Crippen MR) is 165 cm³/mol. The van der Waals surface area contributed by atoms with Crippen molar-refractivity contribution in [1.82, 2.24) is 0 Å². The molecule has 0 heterocycles. The molecule has 0 aliphatic carbocycles. The molecular formula is C31H46O8P2. The van der Waals surface area contributed by atoms with Gasteiger partial charge in [-0.25, -0.2) is 4.57 Å². The number of ether oxygens (including phenoxy) is 1. The molecule has 2 rings (SSSR count). The molecule has 2 aromatic rings. The number of Topliss-reactive ketones (excluding diaryl/α,β-unsaturated/α-hetero) is 1. The minimum atomic E-state index is -3.68. The number of hydrogen-bond acceptors (Lipinski definition) is 8. The van der Waals surface area contributed by atoms with Crippen LogP contribution in [0.4, 0.5) is 0 Å². The van der Waals surface area contributed by atoms with Crippen LogP contribution in [-0.4, -0.2) is 44.5 Å². The summed E-state index contributed by atoms with van der Waals surface area (Å²) in [4.78, 5) is 23.3. The number of hydrogen-bond donors (Lipinski definition) is 0. The first-order valence-corrected chi connectivity index (χ1v) is 18.4. The topological polar surface area (TPSA) is 105 Å². The largest absolute Gasteiger partial charge is 0.466 e. The van der Waals surface area contributed by atoms with Crippen LogP contribution < -0.4 is 9.05 Å². The molecule has 0 aliphatic heterocycles. The number of carbonyl (C=O) groups excluding carboxylic acids is 2. The molecule has 0 N–H and O–H groups in total. The van der Waals surface area contributed by atoms with E-state index in [0.29, 0.717) is 29.9 Å². The third-order valence-electron chi connectivity index (χ3n) is 6.52. The van der Waals surface area contributed by atoms with Crippen LogP contribution >= 0.6 is 15.0 Å². The van der Waals surface area contributed by atoms with Crippen molar-refractivity contribution < 1.29 is 37.0 Å². The van der Waals surface area contributed by atoms with Gasteiger partial charge in [-0.1, -0.05) is 49.6 Å². The van der Waals surface area contributed by atoms with Gasteiger partial charge in [0.1, 0.15) is 17.3 Å². The first-order valence-electron chi connectivity index (χ1n) is 14.4. The van der Waals surface area contributed by atoms with Crippen LogP contribution in [0.25, 0.3) is 11.1 Å². The Kier molecular flexibility index (Phi) is 14.3. The Morgan fingerprint density at radius 2 is 1.56 bits per heavy atom. The van der Waals surface area contributed by atoms with Crippen LogP contribution in [0.1, 0.15) is 76.8 Å². The molecule has 41 heavy (non-hydrogen) atoms. The summed E-state index contributed by atoms with van der Waals surface area (Å²) in [6, 6.07) is 11.5. The maximum Gasteiger partial charge on any atom is 0.378 e. The van der Waals surface area contributed by atoms with Crippen LogP contribution in [-0.2, 0) is 34.4 Å². The second-order valence-electron chi connectivity index (χ2n) is 10.4. The van der Waals surface area contributed by atoms with Gasteiger partial charge in [0.05, 0.1) is 18.3 Å². The van der Waals surface area contributed by atoms with Gasteiger partial charge in [-0.2, -0.15) is 0 Å². The van der Waals surface area contributed by atoms with E-state index in [0.717, 1.165) is 42.4 Å². The SMILES string of the molecule is CCCCCc1cc(OP(C)(=O)CCCC(C)=O)c(-c2cccc(C)c2)c(OP(=O)(CCCC(=O)OCC)OC)c1. The van der Waals surface area contributed by atoms with Crippen LogP contribution in [0.2, 0.25) is 0 Å². The highest BCUT2D eigenvalue weighted by Gasteiger charge is 2.29. The lowest BCUT2D eigenvalue weighted by Gasteiger charge is -2.24. The molecular weight excluding hydrogens is 562 g/mol. The van der Waals surface area contributed by atoms with E-state index in [4.69, 9.17) is 18.3 Å². The van der Waals surface area contributed by atoms with Gasteiger partial charge in [0.15, 0.2) is 0 Å². The van der Waals surface area contributed by atoms with E-state index < -0.39 is 15.0 Å². The van der Waals surface area contributed by atoms with Gasteiger partial charge < -0.3 is 23.1 Å². The van der Waals surface area contributed by atoms with Crippen molar-refractivity contribution in [2.24, 2.45) is 0 Å². The fraction of sp³-hybridized carbons (Fsp3) is 0.548.